The first-order valence-corrected chi connectivity index (χ1v) is 7.53. The minimum absolute atomic E-state index is 0.365. The number of likely N-dealkylation sites (N-methyl/N-ethyl adjacent to an activating group) is 1. The van der Waals surface area contributed by atoms with Crippen molar-refractivity contribution < 1.29 is 0 Å². The van der Waals surface area contributed by atoms with Crippen molar-refractivity contribution in [1.82, 2.24) is 5.32 Å². The maximum atomic E-state index is 3.62. The summed E-state index contributed by atoms with van der Waals surface area (Å²) in [5.74, 6) is 0. The maximum Gasteiger partial charge on any atom is 0.0361 e. The van der Waals surface area contributed by atoms with E-state index in [1.54, 1.807) is 0 Å². The summed E-state index contributed by atoms with van der Waals surface area (Å²) in [6.07, 6.45) is 1.02. The Kier molecular flexibility index (Phi) is 5.17. The van der Waals surface area contributed by atoms with Crippen LogP contribution in [0.1, 0.15) is 29.7 Å². The first-order valence-electron chi connectivity index (χ1n) is 6.74. The van der Waals surface area contributed by atoms with E-state index in [9.17, 15) is 0 Å². The number of hydrogen-bond acceptors (Lipinski definition) is 1. The molecule has 1 nitrogen and oxygen atoms in total. The van der Waals surface area contributed by atoms with Crippen LogP contribution >= 0.6 is 15.9 Å². The van der Waals surface area contributed by atoms with Gasteiger partial charge in [-0.15, -0.1) is 0 Å². The molecule has 0 aliphatic heterocycles. The second-order valence-corrected chi connectivity index (χ2v) is 5.66. The Hall–Kier alpha value is -1.12. The predicted molar refractivity (Wildman–Crippen MR) is 85.4 cm³/mol. The zero-order chi connectivity index (χ0) is 13.7. The third kappa shape index (κ3) is 3.92. The van der Waals surface area contributed by atoms with E-state index in [0.29, 0.717) is 6.04 Å². The van der Waals surface area contributed by atoms with Gasteiger partial charge in [-0.05, 0) is 42.6 Å². The van der Waals surface area contributed by atoms with Crippen molar-refractivity contribution in [3.8, 4) is 0 Å². The minimum Gasteiger partial charge on any atom is -0.310 e. The zero-order valence-electron chi connectivity index (χ0n) is 11.5. The van der Waals surface area contributed by atoms with E-state index in [1.165, 1.54) is 21.2 Å². The van der Waals surface area contributed by atoms with Gasteiger partial charge in [0.15, 0.2) is 0 Å². The smallest absolute Gasteiger partial charge is 0.0361 e. The molecule has 2 rings (SSSR count). The summed E-state index contributed by atoms with van der Waals surface area (Å²) < 4.78 is 1.18. The molecule has 19 heavy (non-hydrogen) atoms. The molecule has 0 saturated carbocycles. The lowest BCUT2D eigenvalue weighted by molar-refractivity contribution is 0.549. The highest BCUT2D eigenvalue weighted by atomic mass is 79.9. The fraction of sp³-hybridized carbons (Fsp3) is 0.294. The molecule has 100 valence electrons. The van der Waals surface area contributed by atoms with Crippen molar-refractivity contribution >= 4 is 15.9 Å². The molecule has 1 atom stereocenters. The van der Waals surface area contributed by atoms with E-state index in [4.69, 9.17) is 0 Å². The molecule has 1 unspecified atom stereocenters. The van der Waals surface area contributed by atoms with Gasteiger partial charge in [0.25, 0.3) is 0 Å². The predicted octanol–water partition coefficient (Wildman–Crippen LogP) is 4.65. The van der Waals surface area contributed by atoms with Crippen molar-refractivity contribution in [2.75, 3.05) is 6.54 Å². The number of halogens is 1. The lowest BCUT2D eigenvalue weighted by Gasteiger charge is -2.19. The minimum atomic E-state index is 0.365. The largest absolute Gasteiger partial charge is 0.310 e. The Morgan fingerprint density at radius 2 is 1.84 bits per heavy atom. The fourth-order valence-electron chi connectivity index (χ4n) is 2.23. The first kappa shape index (κ1) is 14.3. The number of hydrogen-bond donors (Lipinski definition) is 1. The van der Waals surface area contributed by atoms with Crippen LogP contribution in [0.4, 0.5) is 0 Å². The third-order valence-electron chi connectivity index (χ3n) is 3.33. The van der Waals surface area contributed by atoms with Crippen LogP contribution in [0.15, 0.2) is 53.0 Å². The van der Waals surface area contributed by atoms with Crippen molar-refractivity contribution in [1.29, 1.82) is 0 Å². The van der Waals surface area contributed by atoms with Crippen LogP contribution in [0.3, 0.4) is 0 Å². The van der Waals surface area contributed by atoms with Gasteiger partial charge in [0.1, 0.15) is 0 Å². The quantitative estimate of drug-likeness (QED) is 0.846. The van der Waals surface area contributed by atoms with Crippen LogP contribution in [0.2, 0.25) is 0 Å². The molecule has 0 aromatic heterocycles. The van der Waals surface area contributed by atoms with Gasteiger partial charge in [0, 0.05) is 10.5 Å². The topological polar surface area (TPSA) is 12.0 Å². The van der Waals surface area contributed by atoms with Gasteiger partial charge in [0.05, 0.1) is 0 Å². The molecule has 2 aromatic carbocycles. The molecule has 0 fully saturated rings. The van der Waals surface area contributed by atoms with E-state index in [0.717, 1.165) is 13.0 Å². The van der Waals surface area contributed by atoms with Gasteiger partial charge >= 0.3 is 0 Å². The average molecular weight is 318 g/mol. The SMILES string of the molecule is CCNC(Cc1ccccc1)c1ccc(C)c(Br)c1. The van der Waals surface area contributed by atoms with Crippen LogP contribution in [0, 0.1) is 6.92 Å². The molecule has 0 aliphatic carbocycles. The zero-order valence-corrected chi connectivity index (χ0v) is 13.1. The van der Waals surface area contributed by atoms with E-state index >= 15 is 0 Å². The van der Waals surface area contributed by atoms with E-state index in [2.05, 4.69) is 83.6 Å². The summed E-state index contributed by atoms with van der Waals surface area (Å²) in [5, 5.41) is 3.57. The van der Waals surface area contributed by atoms with Gasteiger partial charge in [-0.1, -0.05) is 65.3 Å². The molecule has 0 bridgehead atoms. The molecule has 0 aliphatic rings. The lowest BCUT2D eigenvalue weighted by atomic mass is 9.98. The van der Waals surface area contributed by atoms with Gasteiger partial charge < -0.3 is 5.32 Å². The molecular formula is C17H20BrN. The van der Waals surface area contributed by atoms with E-state index in [1.807, 2.05) is 0 Å². The van der Waals surface area contributed by atoms with Gasteiger partial charge in [0.2, 0.25) is 0 Å². The summed E-state index contributed by atoms with van der Waals surface area (Å²) in [7, 11) is 0. The Morgan fingerprint density at radius 3 is 2.47 bits per heavy atom. The van der Waals surface area contributed by atoms with Crippen LogP contribution in [0.25, 0.3) is 0 Å². The highest BCUT2D eigenvalue weighted by Crippen LogP contribution is 2.24. The summed E-state index contributed by atoms with van der Waals surface area (Å²) >= 11 is 3.62. The van der Waals surface area contributed by atoms with Crippen molar-refractivity contribution in [2.24, 2.45) is 0 Å². The highest BCUT2D eigenvalue weighted by molar-refractivity contribution is 9.10. The molecule has 0 radical (unpaired) electrons. The number of rotatable bonds is 5. The maximum absolute atomic E-state index is 3.62. The lowest BCUT2D eigenvalue weighted by Crippen LogP contribution is -2.23. The summed E-state index contributed by atoms with van der Waals surface area (Å²) in [4.78, 5) is 0. The van der Waals surface area contributed by atoms with E-state index in [-0.39, 0.29) is 0 Å². The van der Waals surface area contributed by atoms with Gasteiger partial charge in [-0.2, -0.15) is 0 Å². The van der Waals surface area contributed by atoms with Crippen LogP contribution in [-0.2, 0) is 6.42 Å². The van der Waals surface area contributed by atoms with Crippen molar-refractivity contribution in [3.05, 3.63) is 69.7 Å². The Morgan fingerprint density at radius 1 is 1.11 bits per heavy atom. The van der Waals surface area contributed by atoms with Crippen molar-refractivity contribution in [3.63, 3.8) is 0 Å². The molecule has 0 saturated heterocycles. The molecule has 0 amide bonds. The highest BCUT2D eigenvalue weighted by Gasteiger charge is 2.11. The number of benzene rings is 2. The fourth-order valence-corrected chi connectivity index (χ4v) is 2.63. The van der Waals surface area contributed by atoms with Crippen LogP contribution in [-0.4, -0.2) is 6.54 Å². The molecule has 0 spiro atoms. The molecular weight excluding hydrogens is 298 g/mol. The Bertz CT molecular complexity index is 522. The molecule has 0 heterocycles. The Balaban J connectivity index is 2.21. The standard InChI is InChI=1S/C17H20BrN/c1-3-19-17(11-14-7-5-4-6-8-14)15-10-9-13(2)16(18)12-15/h4-10,12,17,19H,3,11H2,1-2H3. The number of aryl methyl sites for hydroxylation is 1. The Labute approximate surface area is 124 Å². The van der Waals surface area contributed by atoms with Crippen molar-refractivity contribution in [2.45, 2.75) is 26.3 Å². The van der Waals surface area contributed by atoms with Gasteiger partial charge in [-0.3, -0.25) is 0 Å². The third-order valence-corrected chi connectivity index (χ3v) is 4.19. The van der Waals surface area contributed by atoms with Crippen LogP contribution < -0.4 is 5.32 Å². The summed E-state index contributed by atoms with van der Waals surface area (Å²) in [6.45, 7) is 5.25. The summed E-state index contributed by atoms with van der Waals surface area (Å²) in [5.41, 5.74) is 3.98. The number of nitrogens with one attached hydrogen (secondary N) is 1. The second-order valence-electron chi connectivity index (χ2n) is 4.81. The van der Waals surface area contributed by atoms with E-state index < -0.39 is 0 Å². The van der Waals surface area contributed by atoms with Gasteiger partial charge in [-0.25, -0.2) is 0 Å². The molecule has 2 heteroatoms. The monoisotopic (exact) mass is 317 g/mol. The first-order chi connectivity index (χ1) is 9.20. The molecule has 1 N–H and O–H groups in total. The summed E-state index contributed by atoms with van der Waals surface area (Å²) in [6, 6.07) is 17.6. The van der Waals surface area contributed by atoms with Crippen LogP contribution in [0.5, 0.6) is 0 Å². The average Bonchev–Trinajstić information content (AvgIpc) is 2.43. The normalized spacial score (nSPS) is 12.4. The molecule has 2 aromatic rings. The second kappa shape index (κ2) is 6.88.